The fourth-order valence-corrected chi connectivity index (χ4v) is 2.03. The molecule has 3 rings (SSSR count). The van der Waals surface area contributed by atoms with Crippen LogP contribution in [0, 0.1) is 6.92 Å². The molecule has 0 aliphatic carbocycles. The van der Waals surface area contributed by atoms with Crippen LogP contribution in [-0.2, 0) is 0 Å². The number of fused-ring (bicyclic) bond motifs is 2. The summed E-state index contributed by atoms with van der Waals surface area (Å²) >= 11 is 0. The monoisotopic (exact) mass is 226 g/mol. The molecule has 0 aliphatic rings. The van der Waals surface area contributed by atoms with Crippen molar-refractivity contribution in [2.75, 3.05) is 0 Å². The highest BCUT2D eigenvalue weighted by atomic mass is 16.2. The minimum atomic E-state index is -0.478. The van der Waals surface area contributed by atoms with Gasteiger partial charge in [-0.15, -0.1) is 0 Å². The molecular weight excluding hydrogens is 216 g/mol. The summed E-state index contributed by atoms with van der Waals surface area (Å²) in [4.78, 5) is 27.7. The number of hydrogen-bond acceptors (Lipinski definition) is 2. The third-order valence-corrected chi connectivity index (χ3v) is 2.85. The number of aromatic amines is 2. The molecule has 4 heteroatoms. The summed E-state index contributed by atoms with van der Waals surface area (Å²) in [6.07, 6.45) is 0. The summed E-state index contributed by atoms with van der Waals surface area (Å²) in [6, 6.07) is 9.61. The van der Waals surface area contributed by atoms with E-state index in [9.17, 15) is 9.59 Å². The summed E-state index contributed by atoms with van der Waals surface area (Å²) in [5.41, 5.74) is 0.869. The molecule has 0 radical (unpaired) electrons. The maximum atomic E-state index is 11.7. The van der Waals surface area contributed by atoms with E-state index in [1.165, 1.54) is 0 Å². The smallest absolute Gasteiger partial charge is 0.307 e. The number of nitrogens with one attached hydrogen (secondary N) is 2. The highest BCUT2D eigenvalue weighted by Crippen LogP contribution is 2.19. The van der Waals surface area contributed by atoms with Crippen molar-refractivity contribution in [2.24, 2.45) is 0 Å². The van der Waals surface area contributed by atoms with Gasteiger partial charge in [-0.1, -0.05) is 23.8 Å². The molecular formula is C13H10N2O2. The standard InChI is InChI=1S/C13H10N2O2/c1-7-2-3-8-6-11-10(5-9(8)4-7)12(16)15-13(17)14-11/h2-6H,1H3,(H2,14,15,16,17). The van der Waals surface area contributed by atoms with E-state index in [2.05, 4.69) is 9.97 Å². The van der Waals surface area contributed by atoms with Crippen LogP contribution in [0.3, 0.4) is 0 Å². The van der Waals surface area contributed by atoms with Crippen LogP contribution in [0.1, 0.15) is 5.56 Å². The number of hydrogen-bond donors (Lipinski definition) is 2. The van der Waals surface area contributed by atoms with Crippen LogP contribution < -0.4 is 11.2 Å². The Kier molecular flexibility index (Phi) is 1.92. The van der Waals surface area contributed by atoms with Crippen LogP contribution in [-0.4, -0.2) is 9.97 Å². The van der Waals surface area contributed by atoms with Gasteiger partial charge in [0.25, 0.3) is 5.56 Å². The second-order valence-corrected chi connectivity index (χ2v) is 4.16. The maximum Gasteiger partial charge on any atom is 0.326 e. The predicted octanol–water partition coefficient (Wildman–Crippen LogP) is 1.68. The molecule has 0 aliphatic heterocycles. The van der Waals surface area contributed by atoms with Gasteiger partial charge in [-0.05, 0) is 29.8 Å². The minimum Gasteiger partial charge on any atom is -0.307 e. The SMILES string of the molecule is Cc1ccc2cc3[nH]c(=O)[nH]c(=O)c3cc2c1. The Labute approximate surface area is 95.9 Å². The number of aryl methyl sites for hydroxylation is 1. The molecule has 0 spiro atoms. The molecule has 3 aromatic rings. The Morgan fingerprint density at radius 2 is 1.76 bits per heavy atom. The lowest BCUT2D eigenvalue weighted by atomic mass is 10.1. The first-order valence-corrected chi connectivity index (χ1v) is 5.30. The molecule has 0 unspecified atom stereocenters. The zero-order valence-electron chi connectivity index (χ0n) is 9.20. The van der Waals surface area contributed by atoms with E-state index >= 15 is 0 Å². The Hall–Kier alpha value is -2.36. The van der Waals surface area contributed by atoms with Crippen LogP contribution in [0.5, 0.6) is 0 Å². The van der Waals surface area contributed by atoms with E-state index < -0.39 is 5.69 Å². The topological polar surface area (TPSA) is 65.7 Å². The van der Waals surface area contributed by atoms with Crippen LogP contribution >= 0.6 is 0 Å². The van der Waals surface area contributed by atoms with Crippen molar-refractivity contribution in [3.8, 4) is 0 Å². The fourth-order valence-electron chi connectivity index (χ4n) is 2.03. The molecule has 4 nitrogen and oxygen atoms in total. The first-order chi connectivity index (χ1) is 8.13. The summed E-state index contributed by atoms with van der Waals surface area (Å²) in [7, 11) is 0. The van der Waals surface area contributed by atoms with Crippen molar-refractivity contribution in [3.63, 3.8) is 0 Å². The highest BCUT2D eigenvalue weighted by Gasteiger charge is 2.03. The van der Waals surface area contributed by atoms with Crippen LogP contribution in [0.2, 0.25) is 0 Å². The van der Waals surface area contributed by atoms with Gasteiger partial charge in [-0.2, -0.15) is 0 Å². The predicted molar refractivity (Wildman–Crippen MR) is 67.4 cm³/mol. The summed E-state index contributed by atoms with van der Waals surface area (Å²) in [6.45, 7) is 2.00. The Balaban J connectivity index is 2.56. The van der Waals surface area contributed by atoms with E-state index in [0.717, 1.165) is 16.3 Å². The third kappa shape index (κ3) is 1.54. The molecule has 0 saturated heterocycles. The van der Waals surface area contributed by atoms with Crippen molar-refractivity contribution >= 4 is 21.7 Å². The molecule has 2 N–H and O–H groups in total. The van der Waals surface area contributed by atoms with Crippen molar-refractivity contribution in [1.29, 1.82) is 0 Å². The van der Waals surface area contributed by atoms with Gasteiger partial charge in [0.2, 0.25) is 0 Å². The normalized spacial score (nSPS) is 11.1. The molecule has 0 atom stereocenters. The Morgan fingerprint density at radius 1 is 0.941 bits per heavy atom. The van der Waals surface area contributed by atoms with Gasteiger partial charge in [0.05, 0.1) is 10.9 Å². The van der Waals surface area contributed by atoms with Gasteiger partial charge >= 0.3 is 5.69 Å². The van der Waals surface area contributed by atoms with E-state index in [0.29, 0.717) is 10.9 Å². The minimum absolute atomic E-state index is 0.354. The molecule has 0 bridgehead atoms. The maximum absolute atomic E-state index is 11.7. The van der Waals surface area contributed by atoms with Gasteiger partial charge in [0.1, 0.15) is 0 Å². The molecule has 1 aromatic heterocycles. The number of rotatable bonds is 0. The second-order valence-electron chi connectivity index (χ2n) is 4.16. The number of H-pyrrole nitrogens is 2. The average molecular weight is 226 g/mol. The van der Waals surface area contributed by atoms with Crippen molar-refractivity contribution in [3.05, 3.63) is 56.7 Å². The third-order valence-electron chi connectivity index (χ3n) is 2.85. The zero-order valence-corrected chi connectivity index (χ0v) is 9.20. The molecule has 1 heterocycles. The van der Waals surface area contributed by atoms with E-state index in [1.807, 2.05) is 31.2 Å². The molecule has 0 amide bonds. The second kappa shape index (κ2) is 3.31. The van der Waals surface area contributed by atoms with Gasteiger partial charge in [0, 0.05) is 0 Å². The summed E-state index contributed by atoms with van der Waals surface area (Å²) in [5.74, 6) is 0. The van der Waals surface area contributed by atoms with Gasteiger partial charge in [-0.25, -0.2) is 4.79 Å². The Morgan fingerprint density at radius 3 is 2.59 bits per heavy atom. The highest BCUT2D eigenvalue weighted by molar-refractivity contribution is 5.96. The molecule has 84 valence electrons. The average Bonchev–Trinajstić information content (AvgIpc) is 2.27. The first kappa shape index (κ1) is 9.84. The van der Waals surface area contributed by atoms with E-state index in [-0.39, 0.29) is 5.56 Å². The van der Waals surface area contributed by atoms with Crippen molar-refractivity contribution < 1.29 is 0 Å². The quantitative estimate of drug-likeness (QED) is 0.573. The van der Waals surface area contributed by atoms with Crippen molar-refractivity contribution in [1.82, 2.24) is 9.97 Å². The molecule has 0 saturated carbocycles. The Bertz CT molecular complexity index is 843. The zero-order chi connectivity index (χ0) is 12.0. The first-order valence-electron chi connectivity index (χ1n) is 5.30. The lowest BCUT2D eigenvalue weighted by Crippen LogP contribution is -2.21. The van der Waals surface area contributed by atoms with Crippen LogP contribution in [0.25, 0.3) is 21.7 Å². The molecule has 2 aromatic carbocycles. The van der Waals surface area contributed by atoms with E-state index in [4.69, 9.17) is 0 Å². The van der Waals surface area contributed by atoms with Crippen LogP contribution in [0.4, 0.5) is 0 Å². The van der Waals surface area contributed by atoms with Gasteiger partial charge in [-0.3, -0.25) is 9.78 Å². The van der Waals surface area contributed by atoms with Crippen LogP contribution in [0.15, 0.2) is 39.9 Å². The largest absolute Gasteiger partial charge is 0.326 e. The van der Waals surface area contributed by atoms with Gasteiger partial charge in [0.15, 0.2) is 0 Å². The van der Waals surface area contributed by atoms with Crippen molar-refractivity contribution in [2.45, 2.75) is 6.92 Å². The lowest BCUT2D eigenvalue weighted by molar-refractivity contribution is 1.08. The number of aromatic nitrogens is 2. The molecule has 0 fully saturated rings. The lowest BCUT2D eigenvalue weighted by Gasteiger charge is -2.02. The summed E-state index contributed by atoms with van der Waals surface area (Å²) < 4.78 is 0. The fraction of sp³-hybridized carbons (Fsp3) is 0.0769. The summed E-state index contributed by atoms with van der Waals surface area (Å²) in [5, 5.41) is 2.50. The number of benzene rings is 2. The van der Waals surface area contributed by atoms with E-state index in [1.54, 1.807) is 6.07 Å². The van der Waals surface area contributed by atoms with Gasteiger partial charge < -0.3 is 4.98 Å². The molecule has 17 heavy (non-hydrogen) atoms.